The average molecular weight is 267 g/mol. The lowest BCUT2D eigenvalue weighted by Crippen LogP contribution is -2.20. The van der Waals surface area contributed by atoms with Crippen LogP contribution in [0.5, 0.6) is 0 Å². The molecule has 0 aliphatic heterocycles. The predicted octanol–water partition coefficient (Wildman–Crippen LogP) is 3.36. The van der Waals surface area contributed by atoms with E-state index in [1.165, 1.54) is 6.26 Å². The van der Waals surface area contributed by atoms with Gasteiger partial charge in [-0.3, -0.25) is 10.1 Å². The highest BCUT2D eigenvalue weighted by Gasteiger charge is 2.21. The summed E-state index contributed by atoms with van der Waals surface area (Å²) in [5, 5.41) is 14.2. The molecule has 0 bridgehead atoms. The summed E-state index contributed by atoms with van der Waals surface area (Å²) in [5.41, 5.74) is 0.641. The predicted molar refractivity (Wildman–Crippen MR) is 68.4 cm³/mol. The van der Waals surface area contributed by atoms with Gasteiger partial charge in [0.15, 0.2) is 0 Å². The molecule has 0 saturated carbocycles. The zero-order valence-corrected chi connectivity index (χ0v) is 10.1. The first kappa shape index (κ1) is 12.4. The fourth-order valence-corrected chi connectivity index (χ4v) is 1.80. The SMILES string of the molecule is O=[N+]([O-])CC(Nc1ccccc1Cl)c1ccco1. The Morgan fingerprint density at radius 3 is 2.72 bits per heavy atom. The van der Waals surface area contributed by atoms with Crippen LogP contribution in [0.25, 0.3) is 0 Å². The fraction of sp³-hybridized carbons (Fsp3) is 0.167. The summed E-state index contributed by atoms with van der Waals surface area (Å²) in [5.74, 6) is 0.506. The second kappa shape index (κ2) is 5.55. The lowest BCUT2D eigenvalue weighted by Gasteiger charge is -2.14. The van der Waals surface area contributed by atoms with Crippen LogP contribution in [0.3, 0.4) is 0 Å². The Morgan fingerprint density at radius 2 is 2.11 bits per heavy atom. The second-order valence-corrected chi connectivity index (χ2v) is 4.11. The molecule has 1 aromatic carbocycles. The molecule has 6 heteroatoms. The molecule has 1 unspecified atom stereocenters. The summed E-state index contributed by atoms with van der Waals surface area (Å²) in [4.78, 5) is 10.3. The minimum atomic E-state index is -0.546. The van der Waals surface area contributed by atoms with Gasteiger partial charge in [0, 0.05) is 4.92 Å². The highest BCUT2D eigenvalue weighted by atomic mass is 35.5. The third-order valence-corrected chi connectivity index (χ3v) is 2.75. The van der Waals surface area contributed by atoms with Crippen molar-refractivity contribution in [3.05, 3.63) is 63.6 Å². The third-order valence-electron chi connectivity index (χ3n) is 2.42. The molecule has 0 spiro atoms. The lowest BCUT2D eigenvalue weighted by atomic mass is 10.2. The largest absolute Gasteiger partial charge is 0.467 e. The van der Waals surface area contributed by atoms with E-state index in [2.05, 4.69) is 5.32 Å². The molecule has 18 heavy (non-hydrogen) atoms. The van der Waals surface area contributed by atoms with E-state index in [9.17, 15) is 10.1 Å². The van der Waals surface area contributed by atoms with Crippen molar-refractivity contribution in [2.45, 2.75) is 6.04 Å². The Labute approximate surface area is 109 Å². The Kier molecular flexibility index (Phi) is 3.84. The summed E-state index contributed by atoms with van der Waals surface area (Å²) in [6.07, 6.45) is 1.48. The van der Waals surface area contributed by atoms with Gasteiger partial charge in [-0.15, -0.1) is 0 Å². The van der Waals surface area contributed by atoms with E-state index < -0.39 is 11.0 Å². The van der Waals surface area contributed by atoms with Crippen LogP contribution < -0.4 is 5.32 Å². The van der Waals surface area contributed by atoms with Gasteiger partial charge >= 0.3 is 0 Å². The molecule has 2 rings (SSSR count). The topological polar surface area (TPSA) is 68.3 Å². The van der Waals surface area contributed by atoms with Crippen molar-refractivity contribution >= 4 is 17.3 Å². The molecule has 0 aliphatic carbocycles. The van der Waals surface area contributed by atoms with E-state index in [0.717, 1.165) is 0 Å². The maximum Gasteiger partial charge on any atom is 0.231 e. The van der Waals surface area contributed by atoms with Gasteiger partial charge in [0.2, 0.25) is 6.54 Å². The summed E-state index contributed by atoms with van der Waals surface area (Å²) in [7, 11) is 0. The molecule has 1 aromatic heterocycles. The number of hydrogen-bond donors (Lipinski definition) is 1. The van der Waals surface area contributed by atoms with Gasteiger partial charge in [-0.2, -0.15) is 0 Å². The number of para-hydroxylation sites is 1. The lowest BCUT2D eigenvalue weighted by molar-refractivity contribution is -0.482. The van der Waals surface area contributed by atoms with Crippen LogP contribution in [0.4, 0.5) is 5.69 Å². The quantitative estimate of drug-likeness (QED) is 0.665. The summed E-state index contributed by atoms with van der Waals surface area (Å²) in [6.45, 7) is -0.279. The van der Waals surface area contributed by atoms with E-state index >= 15 is 0 Å². The molecule has 0 radical (unpaired) electrons. The van der Waals surface area contributed by atoms with Crippen molar-refractivity contribution < 1.29 is 9.34 Å². The maximum absolute atomic E-state index is 10.7. The Hall–Kier alpha value is -2.01. The summed E-state index contributed by atoms with van der Waals surface area (Å²) < 4.78 is 5.20. The highest BCUT2D eigenvalue weighted by molar-refractivity contribution is 6.33. The van der Waals surface area contributed by atoms with E-state index in [1.54, 1.807) is 36.4 Å². The van der Waals surface area contributed by atoms with Crippen molar-refractivity contribution in [2.24, 2.45) is 0 Å². The molecule has 0 aliphatic rings. The number of hydrogen-bond acceptors (Lipinski definition) is 4. The Morgan fingerprint density at radius 1 is 1.33 bits per heavy atom. The number of nitro groups is 1. The van der Waals surface area contributed by atoms with Gasteiger partial charge in [0.05, 0.1) is 17.0 Å². The van der Waals surface area contributed by atoms with Gasteiger partial charge in [-0.25, -0.2) is 0 Å². The summed E-state index contributed by atoms with van der Waals surface area (Å²) in [6, 6.07) is 9.92. The van der Waals surface area contributed by atoms with Gasteiger partial charge in [-0.1, -0.05) is 23.7 Å². The minimum absolute atomic E-state index is 0.279. The van der Waals surface area contributed by atoms with Crippen LogP contribution in [-0.4, -0.2) is 11.5 Å². The number of rotatable bonds is 5. The Balaban J connectivity index is 2.20. The van der Waals surface area contributed by atoms with E-state index in [-0.39, 0.29) is 6.54 Å². The van der Waals surface area contributed by atoms with Crippen molar-refractivity contribution in [1.82, 2.24) is 0 Å². The van der Waals surface area contributed by atoms with Gasteiger partial charge in [-0.05, 0) is 24.3 Å². The van der Waals surface area contributed by atoms with Crippen LogP contribution in [0.2, 0.25) is 5.02 Å². The first-order chi connectivity index (χ1) is 8.66. The molecule has 1 heterocycles. The molecule has 1 N–H and O–H groups in total. The number of benzene rings is 1. The van der Waals surface area contributed by atoms with Crippen molar-refractivity contribution in [1.29, 1.82) is 0 Å². The first-order valence-electron chi connectivity index (χ1n) is 5.33. The molecule has 0 fully saturated rings. The monoisotopic (exact) mass is 266 g/mol. The molecule has 5 nitrogen and oxygen atoms in total. The molecule has 1 atom stereocenters. The molecular formula is C12H11ClN2O3. The number of halogens is 1. The summed E-state index contributed by atoms with van der Waals surface area (Å²) >= 11 is 6.00. The normalized spacial score (nSPS) is 12.1. The highest BCUT2D eigenvalue weighted by Crippen LogP contribution is 2.26. The van der Waals surface area contributed by atoms with Gasteiger partial charge in [0.1, 0.15) is 11.8 Å². The Bertz CT molecular complexity index is 528. The number of nitrogens with zero attached hydrogens (tertiary/aromatic N) is 1. The average Bonchev–Trinajstić information content (AvgIpc) is 2.84. The van der Waals surface area contributed by atoms with E-state index in [4.69, 9.17) is 16.0 Å². The molecule has 0 saturated heterocycles. The van der Waals surface area contributed by atoms with Crippen LogP contribution in [0, 0.1) is 10.1 Å². The van der Waals surface area contributed by atoms with Crippen molar-refractivity contribution in [3.63, 3.8) is 0 Å². The molecule has 94 valence electrons. The van der Waals surface area contributed by atoms with Gasteiger partial charge < -0.3 is 9.73 Å². The molecule has 2 aromatic rings. The van der Waals surface area contributed by atoms with Crippen molar-refractivity contribution in [3.8, 4) is 0 Å². The van der Waals surface area contributed by atoms with Crippen LogP contribution in [-0.2, 0) is 0 Å². The smallest absolute Gasteiger partial charge is 0.231 e. The zero-order chi connectivity index (χ0) is 13.0. The van der Waals surface area contributed by atoms with E-state index in [1.807, 2.05) is 0 Å². The van der Waals surface area contributed by atoms with Crippen LogP contribution >= 0.6 is 11.6 Å². The van der Waals surface area contributed by atoms with Crippen LogP contribution in [0.1, 0.15) is 11.8 Å². The standard InChI is InChI=1S/C12H11ClN2O3/c13-9-4-1-2-5-10(9)14-11(8-15(16)17)12-6-3-7-18-12/h1-7,11,14H,8H2. The maximum atomic E-state index is 10.7. The second-order valence-electron chi connectivity index (χ2n) is 3.71. The molecular weight excluding hydrogens is 256 g/mol. The van der Waals surface area contributed by atoms with Crippen LogP contribution in [0.15, 0.2) is 47.1 Å². The number of furan rings is 1. The zero-order valence-electron chi connectivity index (χ0n) is 9.38. The van der Waals surface area contributed by atoms with Crippen molar-refractivity contribution in [2.75, 3.05) is 11.9 Å². The fourth-order valence-electron chi connectivity index (χ4n) is 1.61. The first-order valence-corrected chi connectivity index (χ1v) is 5.71. The van der Waals surface area contributed by atoms with Gasteiger partial charge in [0.25, 0.3) is 0 Å². The number of anilines is 1. The minimum Gasteiger partial charge on any atom is -0.467 e. The third kappa shape index (κ3) is 3.01. The number of nitrogens with one attached hydrogen (secondary N) is 1. The molecule has 0 amide bonds. The van der Waals surface area contributed by atoms with E-state index in [0.29, 0.717) is 16.5 Å².